The van der Waals surface area contributed by atoms with Crippen molar-refractivity contribution in [2.45, 2.75) is 6.54 Å². The molecule has 5 nitrogen and oxygen atoms in total. The van der Waals surface area contributed by atoms with E-state index in [1.807, 2.05) is 42.5 Å². The molecule has 0 radical (unpaired) electrons. The van der Waals surface area contributed by atoms with Crippen LogP contribution in [0.15, 0.2) is 78.4 Å². The maximum Gasteiger partial charge on any atom is 0.204 e. The lowest BCUT2D eigenvalue weighted by Gasteiger charge is -2.36. The number of para-hydroxylation sites is 2. The summed E-state index contributed by atoms with van der Waals surface area (Å²) in [6.07, 6.45) is 0. The van der Waals surface area contributed by atoms with Gasteiger partial charge in [-0.15, -0.1) is 0 Å². The van der Waals surface area contributed by atoms with Gasteiger partial charge >= 0.3 is 0 Å². The minimum atomic E-state index is -0.180. The highest BCUT2D eigenvalue weighted by Crippen LogP contribution is 2.37. The van der Waals surface area contributed by atoms with Crippen molar-refractivity contribution < 1.29 is 9.53 Å². The summed E-state index contributed by atoms with van der Waals surface area (Å²) in [5.74, 6) is 0.736. The Balaban J connectivity index is 1.28. The van der Waals surface area contributed by atoms with Gasteiger partial charge in [0.2, 0.25) is 5.78 Å². The van der Waals surface area contributed by atoms with Gasteiger partial charge in [0.1, 0.15) is 17.4 Å². The van der Waals surface area contributed by atoms with Crippen molar-refractivity contribution in [2.24, 2.45) is 0 Å². The molecule has 0 amide bonds. The SMILES string of the molecule is COc1ccccc1N1CCN(Cc2ccc(C3=C(C#N)C(=O)c4ccccc43)cc2)CC1. The molecule has 2 aliphatic rings. The molecule has 1 heterocycles. The Morgan fingerprint density at radius 1 is 0.879 bits per heavy atom. The fraction of sp³-hybridized carbons (Fsp3) is 0.214. The van der Waals surface area contributed by atoms with Gasteiger partial charge in [0.15, 0.2) is 0 Å². The first kappa shape index (κ1) is 21.0. The van der Waals surface area contributed by atoms with Gasteiger partial charge in [-0.1, -0.05) is 60.7 Å². The van der Waals surface area contributed by atoms with Gasteiger partial charge in [0, 0.05) is 43.9 Å². The van der Waals surface area contributed by atoms with Gasteiger partial charge in [-0.25, -0.2) is 0 Å². The van der Waals surface area contributed by atoms with E-state index in [2.05, 4.69) is 40.1 Å². The molecule has 1 aliphatic heterocycles. The van der Waals surface area contributed by atoms with Crippen LogP contribution in [0, 0.1) is 11.3 Å². The Morgan fingerprint density at radius 3 is 2.24 bits per heavy atom. The Labute approximate surface area is 194 Å². The van der Waals surface area contributed by atoms with Crippen LogP contribution in [0.1, 0.15) is 27.0 Å². The summed E-state index contributed by atoms with van der Waals surface area (Å²) in [5, 5.41) is 9.60. The third-order valence-electron chi connectivity index (χ3n) is 6.48. The van der Waals surface area contributed by atoms with Crippen LogP contribution in [0.4, 0.5) is 5.69 Å². The number of hydrogen-bond donors (Lipinski definition) is 0. The van der Waals surface area contributed by atoms with E-state index in [4.69, 9.17) is 4.74 Å². The number of ether oxygens (including phenoxy) is 1. The van der Waals surface area contributed by atoms with Crippen molar-refractivity contribution in [3.05, 3.63) is 101 Å². The number of carbonyl (C=O) groups is 1. The number of benzene rings is 3. The number of ketones is 1. The molecule has 0 N–H and O–H groups in total. The molecule has 164 valence electrons. The van der Waals surface area contributed by atoms with E-state index < -0.39 is 0 Å². The number of carbonyl (C=O) groups excluding carboxylic acids is 1. The zero-order valence-electron chi connectivity index (χ0n) is 18.6. The van der Waals surface area contributed by atoms with Crippen molar-refractivity contribution in [1.29, 1.82) is 5.26 Å². The first-order valence-corrected chi connectivity index (χ1v) is 11.2. The molecule has 1 fully saturated rings. The van der Waals surface area contributed by atoms with Crippen molar-refractivity contribution in [3.63, 3.8) is 0 Å². The normalized spacial score (nSPS) is 16.0. The fourth-order valence-electron chi connectivity index (χ4n) is 4.76. The van der Waals surface area contributed by atoms with Gasteiger partial charge in [0.05, 0.1) is 12.8 Å². The number of Topliss-reactive ketones (excluding diaryl/α,β-unsaturated/α-hetero) is 1. The third kappa shape index (κ3) is 3.90. The summed E-state index contributed by atoms with van der Waals surface area (Å²) in [4.78, 5) is 17.4. The predicted octanol–water partition coefficient (Wildman–Crippen LogP) is 4.54. The molecule has 3 aromatic carbocycles. The summed E-state index contributed by atoms with van der Waals surface area (Å²) in [7, 11) is 1.72. The average Bonchev–Trinajstić information content (AvgIpc) is 3.16. The van der Waals surface area contributed by atoms with E-state index in [0.29, 0.717) is 5.56 Å². The number of rotatable bonds is 5. The Hall–Kier alpha value is -3.88. The van der Waals surface area contributed by atoms with Crippen LogP contribution in [-0.4, -0.2) is 44.0 Å². The molecule has 0 bridgehead atoms. The van der Waals surface area contributed by atoms with Crippen molar-refractivity contribution in [1.82, 2.24) is 4.90 Å². The van der Waals surface area contributed by atoms with Crippen LogP contribution in [0.5, 0.6) is 5.75 Å². The van der Waals surface area contributed by atoms with E-state index in [9.17, 15) is 10.1 Å². The van der Waals surface area contributed by atoms with Crippen LogP contribution < -0.4 is 9.64 Å². The predicted molar refractivity (Wildman–Crippen MR) is 129 cm³/mol. The standard InChI is InChI=1S/C28H25N3O2/c1-33-26-9-5-4-8-25(26)31-16-14-30(15-17-31)19-20-10-12-21(13-11-20)27-22-6-2-3-7-23(22)28(32)24(27)18-29/h2-13H,14-17,19H2,1H3. The maximum atomic E-state index is 12.6. The Morgan fingerprint density at radius 2 is 1.55 bits per heavy atom. The quantitative estimate of drug-likeness (QED) is 0.589. The number of allylic oxidation sites excluding steroid dienone is 1. The lowest BCUT2D eigenvalue weighted by Crippen LogP contribution is -2.46. The number of anilines is 1. The van der Waals surface area contributed by atoms with Crippen molar-refractivity contribution >= 4 is 17.0 Å². The second kappa shape index (κ2) is 8.93. The molecule has 0 aromatic heterocycles. The van der Waals surface area contributed by atoms with Crippen LogP contribution in [0.2, 0.25) is 0 Å². The first-order valence-electron chi connectivity index (χ1n) is 11.2. The molecule has 3 aromatic rings. The summed E-state index contributed by atoms with van der Waals surface area (Å²) >= 11 is 0. The maximum absolute atomic E-state index is 12.6. The summed E-state index contributed by atoms with van der Waals surface area (Å²) in [6.45, 7) is 4.74. The van der Waals surface area contributed by atoms with E-state index in [1.165, 1.54) is 5.56 Å². The van der Waals surface area contributed by atoms with Crippen LogP contribution >= 0.6 is 0 Å². The average molecular weight is 436 g/mol. The highest BCUT2D eigenvalue weighted by atomic mass is 16.5. The highest BCUT2D eigenvalue weighted by Gasteiger charge is 2.30. The van der Waals surface area contributed by atoms with Gasteiger partial charge in [-0.2, -0.15) is 5.26 Å². The Bertz CT molecular complexity index is 1260. The summed E-state index contributed by atoms with van der Waals surface area (Å²) in [5.41, 5.74) is 5.72. The van der Waals surface area contributed by atoms with Crippen LogP contribution in [-0.2, 0) is 6.54 Å². The second-order valence-electron chi connectivity index (χ2n) is 8.37. The minimum Gasteiger partial charge on any atom is -0.495 e. The van der Waals surface area contributed by atoms with E-state index >= 15 is 0 Å². The number of fused-ring (bicyclic) bond motifs is 1. The highest BCUT2D eigenvalue weighted by molar-refractivity contribution is 6.25. The smallest absolute Gasteiger partial charge is 0.204 e. The molecule has 0 spiro atoms. The molecule has 0 atom stereocenters. The summed E-state index contributed by atoms with van der Waals surface area (Å²) in [6, 6.07) is 26.0. The first-order chi connectivity index (χ1) is 16.2. The molecule has 1 saturated heterocycles. The van der Waals surface area contributed by atoms with Crippen LogP contribution in [0.25, 0.3) is 5.57 Å². The number of methoxy groups -OCH3 is 1. The number of hydrogen-bond acceptors (Lipinski definition) is 5. The monoisotopic (exact) mass is 435 g/mol. The van der Waals surface area contributed by atoms with E-state index in [1.54, 1.807) is 13.2 Å². The fourth-order valence-corrected chi connectivity index (χ4v) is 4.76. The molecule has 0 unspecified atom stereocenters. The molecular weight excluding hydrogens is 410 g/mol. The third-order valence-corrected chi connectivity index (χ3v) is 6.48. The number of piperazine rings is 1. The van der Waals surface area contributed by atoms with E-state index in [0.717, 1.165) is 60.9 Å². The molecule has 33 heavy (non-hydrogen) atoms. The van der Waals surface area contributed by atoms with E-state index in [-0.39, 0.29) is 11.4 Å². The lowest BCUT2D eigenvalue weighted by atomic mass is 9.97. The second-order valence-corrected chi connectivity index (χ2v) is 8.37. The molecule has 5 rings (SSSR count). The van der Waals surface area contributed by atoms with Gasteiger partial charge in [-0.05, 0) is 28.8 Å². The molecule has 5 heteroatoms. The Kier molecular flexibility index (Phi) is 5.68. The van der Waals surface area contributed by atoms with Crippen molar-refractivity contribution in [3.8, 4) is 11.8 Å². The molecule has 1 aliphatic carbocycles. The largest absolute Gasteiger partial charge is 0.495 e. The topological polar surface area (TPSA) is 56.6 Å². The molecule has 0 saturated carbocycles. The van der Waals surface area contributed by atoms with Gasteiger partial charge in [0.25, 0.3) is 0 Å². The summed E-state index contributed by atoms with van der Waals surface area (Å²) < 4.78 is 5.52. The van der Waals surface area contributed by atoms with Gasteiger partial charge in [-0.3, -0.25) is 9.69 Å². The lowest BCUT2D eigenvalue weighted by molar-refractivity contribution is 0.104. The molecular formula is C28H25N3O2. The number of nitrogens with zero attached hydrogens (tertiary/aromatic N) is 3. The van der Waals surface area contributed by atoms with Crippen LogP contribution in [0.3, 0.4) is 0 Å². The zero-order chi connectivity index (χ0) is 22.8. The number of nitriles is 1. The zero-order valence-corrected chi connectivity index (χ0v) is 18.6. The van der Waals surface area contributed by atoms with Gasteiger partial charge < -0.3 is 9.64 Å². The van der Waals surface area contributed by atoms with Crippen molar-refractivity contribution in [2.75, 3.05) is 38.2 Å². The minimum absolute atomic E-state index is 0.180.